The van der Waals surface area contributed by atoms with Crippen LogP contribution in [0.1, 0.15) is 19.8 Å². The number of aliphatic carboxylic acids is 1. The lowest BCUT2D eigenvalue weighted by atomic mass is 9.91. The number of hydrogen-bond acceptors (Lipinski definition) is 3. The lowest BCUT2D eigenvalue weighted by Gasteiger charge is -2.21. The predicted molar refractivity (Wildman–Crippen MR) is 58.0 cm³/mol. The van der Waals surface area contributed by atoms with Gasteiger partial charge in [0.25, 0.3) is 0 Å². The monoisotopic (exact) mass is 213 g/mol. The Hall–Kier alpha value is -1.14. The molecule has 14 heavy (non-hydrogen) atoms. The zero-order chi connectivity index (χ0) is 10.8. The van der Waals surface area contributed by atoms with Crippen molar-refractivity contribution in [2.45, 2.75) is 25.3 Å². The minimum absolute atomic E-state index is 0.155. The number of thiocarbonyl (C=S) groups is 1. The number of carboxylic acid groups (broad SMARTS) is 1. The molecule has 76 valence electrons. The van der Waals surface area contributed by atoms with E-state index in [0.717, 1.165) is 0 Å². The number of carboxylic acids is 1. The number of carbonyl (C=O) groups is 1. The van der Waals surface area contributed by atoms with Crippen LogP contribution in [-0.2, 0) is 4.79 Å². The van der Waals surface area contributed by atoms with E-state index in [1.165, 1.54) is 6.21 Å². The lowest BCUT2D eigenvalue weighted by molar-refractivity contribution is -0.143. The van der Waals surface area contributed by atoms with Crippen LogP contribution in [0.4, 0.5) is 0 Å². The molecule has 0 fully saturated rings. The molecule has 6 heteroatoms. The summed E-state index contributed by atoms with van der Waals surface area (Å²) in [5.41, 5.74) is 4.94. The summed E-state index contributed by atoms with van der Waals surface area (Å²) in [4.78, 5) is 18.5. The summed E-state index contributed by atoms with van der Waals surface area (Å²) in [5.74, 6) is -1.03. The first kappa shape index (κ1) is 10.9. The Morgan fingerprint density at radius 3 is 2.79 bits per heavy atom. The number of nitrogens with zero attached hydrogens (tertiary/aromatic N) is 2. The van der Waals surface area contributed by atoms with Crippen molar-refractivity contribution in [2.24, 2.45) is 15.7 Å². The highest BCUT2D eigenvalue weighted by atomic mass is 32.1. The third-order valence-electron chi connectivity index (χ3n) is 2.12. The summed E-state index contributed by atoms with van der Waals surface area (Å²) >= 11 is 4.71. The summed E-state index contributed by atoms with van der Waals surface area (Å²) in [6.07, 6.45) is 1.95. The van der Waals surface area contributed by atoms with Gasteiger partial charge in [-0.2, -0.15) is 0 Å². The second-order valence-electron chi connectivity index (χ2n) is 3.14. The summed E-state index contributed by atoms with van der Waals surface area (Å²) < 4.78 is 0. The van der Waals surface area contributed by atoms with Crippen LogP contribution >= 0.6 is 12.2 Å². The number of aliphatic imine (C=N–C) groups is 2. The van der Waals surface area contributed by atoms with Crippen molar-refractivity contribution < 1.29 is 9.90 Å². The van der Waals surface area contributed by atoms with Gasteiger partial charge in [-0.3, -0.25) is 4.79 Å². The van der Waals surface area contributed by atoms with E-state index in [-0.39, 0.29) is 11.5 Å². The molecule has 0 aliphatic carbocycles. The Labute approximate surface area is 86.7 Å². The molecule has 0 aromatic rings. The fraction of sp³-hybridized carbons (Fsp3) is 0.500. The second-order valence-corrected chi connectivity index (χ2v) is 3.50. The third kappa shape index (κ3) is 2.21. The van der Waals surface area contributed by atoms with Crippen LogP contribution in [-0.4, -0.2) is 33.7 Å². The first-order chi connectivity index (χ1) is 6.48. The Morgan fingerprint density at radius 1 is 1.79 bits per heavy atom. The van der Waals surface area contributed by atoms with Gasteiger partial charge in [-0.15, -0.1) is 0 Å². The van der Waals surface area contributed by atoms with E-state index in [9.17, 15) is 4.79 Å². The van der Waals surface area contributed by atoms with Gasteiger partial charge >= 0.3 is 5.97 Å². The van der Waals surface area contributed by atoms with Crippen molar-refractivity contribution >= 4 is 35.2 Å². The van der Waals surface area contributed by atoms with Crippen LogP contribution in [0.5, 0.6) is 0 Å². The number of rotatable bonds is 4. The van der Waals surface area contributed by atoms with Crippen molar-refractivity contribution in [2.75, 3.05) is 0 Å². The van der Waals surface area contributed by atoms with E-state index >= 15 is 0 Å². The molecule has 1 aliphatic heterocycles. The Bertz CT molecular complexity index is 337. The normalized spacial score (nSPS) is 19.3. The smallest absolute Gasteiger partial charge is 0.324 e. The maximum Gasteiger partial charge on any atom is 0.324 e. The van der Waals surface area contributed by atoms with Gasteiger partial charge in [0.1, 0.15) is 5.54 Å². The summed E-state index contributed by atoms with van der Waals surface area (Å²) in [6, 6.07) is 0. The molecule has 0 aromatic carbocycles. The Morgan fingerprint density at radius 2 is 2.43 bits per heavy atom. The Balaban J connectivity index is 2.76. The quantitative estimate of drug-likeness (QED) is 0.661. The van der Waals surface area contributed by atoms with Gasteiger partial charge < -0.3 is 10.8 Å². The first-order valence-electron chi connectivity index (χ1n) is 4.16. The van der Waals surface area contributed by atoms with E-state index in [2.05, 4.69) is 9.98 Å². The number of nitrogens with two attached hydrogens (primary N) is 1. The lowest BCUT2D eigenvalue weighted by Crippen LogP contribution is -2.49. The van der Waals surface area contributed by atoms with Gasteiger partial charge in [-0.25, -0.2) is 9.98 Å². The maximum absolute atomic E-state index is 10.9. The van der Waals surface area contributed by atoms with Crippen molar-refractivity contribution in [1.29, 1.82) is 0 Å². The maximum atomic E-state index is 10.9. The molecular weight excluding hydrogens is 202 g/mol. The first-order valence-corrected chi connectivity index (χ1v) is 4.56. The standard InChI is InChI=1S/C8H11N3O2S/c1-2-8(9,6(12)13)3-5-4-10-7(14)11-5/h4H,2-3,9H2,1H3,(H,12,13)/t8-/m0/s1. The highest BCUT2D eigenvalue weighted by molar-refractivity contribution is 7.80. The van der Waals surface area contributed by atoms with Gasteiger partial charge in [-0.1, -0.05) is 6.92 Å². The molecule has 5 nitrogen and oxygen atoms in total. The molecule has 0 spiro atoms. The van der Waals surface area contributed by atoms with Crippen LogP contribution < -0.4 is 5.73 Å². The van der Waals surface area contributed by atoms with Gasteiger partial charge in [0.2, 0.25) is 5.11 Å². The zero-order valence-corrected chi connectivity index (χ0v) is 8.54. The molecule has 0 amide bonds. The molecule has 0 aromatic heterocycles. The molecule has 0 saturated heterocycles. The SMILES string of the molecule is CC[C@](N)(CC1=NC(=S)N=C1)C(=O)O. The topological polar surface area (TPSA) is 88.0 Å². The fourth-order valence-electron chi connectivity index (χ4n) is 1.07. The average molecular weight is 213 g/mol. The predicted octanol–water partition coefficient (Wildman–Crippen LogP) is 0.379. The van der Waals surface area contributed by atoms with Crippen LogP contribution in [0.2, 0.25) is 0 Å². The van der Waals surface area contributed by atoms with Crippen molar-refractivity contribution in [1.82, 2.24) is 0 Å². The van der Waals surface area contributed by atoms with Crippen molar-refractivity contribution in [3.8, 4) is 0 Å². The molecule has 1 rings (SSSR count). The highest BCUT2D eigenvalue weighted by Gasteiger charge is 2.33. The van der Waals surface area contributed by atoms with E-state index in [1.54, 1.807) is 6.92 Å². The summed E-state index contributed by atoms with van der Waals surface area (Å²) in [5, 5.41) is 9.13. The van der Waals surface area contributed by atoms with Gasteiger partial charge in [0, 0.05) is 6.42 Å². The van der Waals surface area contributed by atoms with Crippen LogP contribution in [0.3, 0.4) is 0 Å². The molecule has 0 saturated carbocycles. The van der Waals surface area contributed by atoms with Crippen LogP contribution in [0, 0.1) is 0 Å². The van der Waals surface area contributed by atoms with E-state index in [0.29, 0.717) is 12.1 Å². The largest absolute Gasteiger partial charge is 0.480 e. The third-order valence-corrected chi connectivity index (χ3v) is 2.31. The number of hydrogen-bond donors (Lipinski definition) is 2. The van der Waals surface area contributed by atoms with E-state index in [1.807, 2.05) is 0 Å². The van der Waals surface area contributed by atoms with Crippen molar-refractivity contribution in [3.63, 3.8) is 0 Å². The molecule has 0 radical (unpaired) electrons. The van der Waals surface area contributed by atoms with Crippen LogP contribution in [0.15, 0.2) is 9.98 Å². The van der Waals surface area contributed by atoms with Gasteiger partial charge in [-0.05, 0) is 18.6 Å². The fourth-order valence-corrected chi connectivity index (χ4v) is 1.24. The van der Waals surface area contributed by atoms with E-state index in [4.69, 9.17) is 23.1 Å². The Kier molecular flexibility index (Phi) is 3.07. The van der Waals surface area contributed by atoms with Crippen LogP contribution in [0.25, 0.3) is 0 Å². The highest BCUT2D eigenvalue weighted by Crippen LogP contribution is 2.14. The van der Waals surface area contributed by atoms with Crippen molar-refractivity contribution in [3.05, 3.63) is 0 Å². The minimum Gasteiger partial charge on any atom is -0.480 e. The molecule has 1 atom stereocenters. The van der Waals surface area contributed by atoms with E-state index < -0.39 is 11.5 Å². The molecule has 3 N–H and O–H groups in total. The molecule has 0 bridgehead atoms. The molecule has 0 unspecified atom stereocenters. The molecule has 1 heterocycles. The minimum atomic E-state index is -1.27. The molecular formula is C8H11N3O2S. The second kappa shape index (κ2) is 3.93. The zero-order valence-electron chi connectivity index (χ0n) is 7.73. The average Bonchev–Trinajstić information content (AvgIpc) is 2.50. The van der Waals surface area contributed by atoms with Gasteiger partial charge in [0.15, 0.2) is 0 Å². The van der Waals surface area contributed by atoms with Gasteiger partial charge in [0.05, 0.1) is 11.9 Å². The summed E-state index contributed by atoms with van der Waals surface area (Å²) in [7, 11) is 0. The molecule has 1 aliphatic rings. The summed E-state index contributed by atoms with van der Waals surface area (Å²) in [6.45, 7) is 1.72.